The van der Waals surface area contributed by atoms with Crippen LogP contribution in [0.15, 0.2) is 72.8 Å². The number of hydrogen-bond acceptors (Lipinski definition) is 5. The van der Waals surface area contributed by atoms with Gasteiger partial charge in [-0.15, -0.1) is 0 Å². The molecule has 0 radical (unpaired) electrons. The minimum absolute atomic E-state index is 0.329. The molecule has 3 rings (SSSR count). The predicted molar refractivity (Wildman–Crippen MR) is 162 cm³/mol. The molecule has 0 bridgehead atoms. The molecule has 3 aromatic rings. The van der Waals surface area contributed by atoms with Gasteiger partial charge in [-0.1, -0.05) is 94.3 Å². The van der Waals surface area contributed by atoms with Gasteiger partial charge in [-0.3, -0.25) is 0 Å². The number of aromatic hydroxyl groups is 1. The number of rotatable bonds is 14. The van der Waals surface area contributed by atoms with E-state index in [0.717, 1.165) is 11.5 Å². The number of unbranched alkanes of at least 4 members (excludes halogenated alkanes) is 6. The summed E-state index contributed by atoms with van der Waals surface area (Å²) in [5.74, 6) is 2.18. The molecule has 5 nitrogen and oxygen atoms in total. The molecule has 4 N–H and O–H groups in total. The van der Waals surface area contributed by atoms with Crippen molar-refractivity contribution in [3.63, 3.8) is 0 Å². The Morgan fingerprint density at radius 1 is 0.590 bits per heavy atom. The Labute approximate surface area is 236 Å². The van der Waals surface area contributed by atoms with Crippen molar-refractivity contribution in [3.05, 3.63) is 89.5 Å². The molecule has 0 saturated heterocycles. The zero-order chi connectivity index (χ0) is 28.7. The standard InChI is InChI=1S/C24H34O.C7H8O.C3H8O3/c1-3-5-7-9-11-21-13-17-23(18-14-21)25-24-19-15-22(16-20-24)12-10-8-6-4-2;1-6-2-4-7(8)5-3-6;4-1-3(6)2-5/h13-20H,3-12H2,1-2H3;2-5,8H,1H3;3-6H,1-2H2. The summed E-state index contributed by atoms with van der Waals surface area (Å²) in [7, 11) is 0. The highest BCUT2D eigenvalue weighted by Gasteiger charge is 2.00. The Bertz CT molecular complexity index is 874. The summed E-state index contributed by atoms with van der Waals surface area (Å²) >= 11 is 0. The summed E-state index contributed by atoms with van der Waals surface area (Å²) < 4.78 is 5.97. The van der Waals surface area contributed by atoms with Gasteiger partial charge in [0.1, 0.15) is 23.4 Å². The summed E-state index contributed by atoms with van der Waals surface area (Å²) in [6.07, 6.45) is 11.9. The van der Waals surface area contributed by atoms with Gasteiger partial charge in [0.2, 0.25) is 0 Å². The van der Waals surface area contributed by atoms with Crippen molar-refractivity contribution in [1.82, 2.24) is 0 Å². The summed E-state index contributed by atoms with van der Waals surface area (Å²) in [5.41, 5.74) is 3.99. The fraction of sp³-hybridized carbons (Fsp3) is 0.471. The van der Waals surface area contributed by atoms with Crippen molar-refractivity contribution >= 4 is 0 Å². The maximum atomic E-state index is 8.76. The van der Waals surface area contributed by atoms with E-state index in [9.17, 15) is 0 Å². The van der Waals surface area contributed by atoms with Gasteiger partial charge in [0.15, 0.2) is 0 Å². The van der Waals surface area contributed by atoms with Gasteiger partial charge < -0.3 is 25.2 Å². The molecule has 5 heteroatoms. The van der Waals surface area contributed by atoms with E-state index < -0.39 is 6.10 Å². The first-order chi connectivity index (χ1) is 18.9. The fourth-order valence-corrected chi connectivity index (χ4v) is 3.70. The van der Waals surface area contributed by atoms with E-state index in [1.807, 2.05) is 19.1 Å². The van der Waals surface area contributed by atoms with Crippen LogP contribution in [0.3, 0.4) is 0 Å². The lowest BCUT2D eigenvalue weighted by molar-refractivity contribution is 0.0450. The lowest BCUT2D eigenvalue weighted by Crippen LogP contribution is -2.15. The maximum Gasteiger partial charge on any atom is 0.127 e. The van der Waals surface area contributed by atoms with Crippen molar-refractivity contribution in [3.8, 4) is 17.2 Å². The first-order valence-electron chi connectivity index (χ1n) is 14.4. The number of aryl methyl sites for hydroxylation is 3. The number of phenolic OH excluding ortho intramolecular Hbond substituents is 1. The van der Waals surface area contributed by atoms with E-state index in [-0.39, 0.29) is 13.2 Å². The van der Waals surface area contributed by atoms with Gasteiger partial charge in [0.25, 0.3) is 0 Å². The van der Waals surface area contributed by atoms with Gasteiger partial charge in [0.05, 0.1) is 13.2 Å². The van der Waals surface area contributed by atoms with E-state index in [0.29, 0.717) is 5.75 Å². The van der Waals surface area contributed by atoms with E-state index in [4.69, 9.17) is 25.2 Å². The molecule has 0 amide bonds. The van der Waals surface area contributed by atoms with Crippen molar-refractivity contribution in [2.45, 2.75) is 91.1 Å². The summed E-state index contributed by atoms with van der Waals surface area (Å²) in [4.78, 5) is 0. The third-order valence-electron chi connectivity index (χ3n) is 6.18. The van der Waals surface area contributed by atoms with Gasteiger partial charge >= 0.3 is 0 Å². The Kier molecular flexibility index (Phi) is 19.3. The second kappa shape index (κ2) is 22.0. The summed E-state index contributed by atoms with van der Waals surface area (Å²) in [6, 6.07) is 24.2. The van der Waals surface area contributed by atoms with Crippen molar-refractivity contribution in [2.75, 3.05) is 13.2 Å². The largest absolute Gasteiger partial charge is 0.508 e. The van der Waals surface area contributed by atoms with Crippen LogP contribution in [0.5, 0.6) is 17.2 Å². The molecule has 0 spiro atoms. The fourth-order valence-electron chi connectivity index (χ4n) is 3.70. The van der Waals surface area contributed by atoms with Crippen LogP contribution in [0.25, 0.3) is 0 Å². The predicted octanol–water partition coefficient (Wildman–Crippen LogP) is 7.76. The Hall–Kier alpha value is -2.86. The molecule has 0 unspecified atom stereocenters. The minimum atomic E-state index is -0.954. The normalized spacial score (nSPS) is 10.3. The van der Waals surface area contributed by atoms with E-state index >= 15 is 0 Å². The van der Waals surface area contributed by atoms with Crippen LogP contribution in [-0.2, 0) is 12.8 Å². The SMILES string of the molecule is CCCCCCc1ccc(Oc2ccc(CCCCCC)cc2)cc1.Cc1ccc(O)cc1.OCC(O)CO. The second-order valence-electron chi connectivity index (χ2n) is 9.87. The van der Waals surface area contributed by atoms with Crippen molar-refractivity contribution < 1.29 is 25.2 Å². The minimum Gasteiger partial charge on any atom is -0.508 e. The van der Waals surface area contributed by atoms with Crippen LogP contribution in [0.1, 0.15) is 81.9 Å². The summed E-state index contributed by atoms with van der Waals surface area (Å²) in [6.45, 7) is 5.77. The van der Waals surface area contributed by atoms with E-state index in [2.05, 4.69) is 62.4 Å². The molecular formula is C34H50O5. The van der Waals surface area contributed by atoms with Crippen LogP contribution in [-0.4, -0.2) is 39.7 Å². The average molecular weight is 539 g/mol. The average Bonchev–Trinajstić information content (AvgIpc) is 2.97. The highest BCUT2D eigenvalue weighted by Crippen LogP contribution is 2.23. The molecule has 0 heterocycles. The molecule has 0 aromatic heterocycles. The lowest BCUT2D eigenvalue weighted by Gasteiger charge is -2.08. The quantitative estimate of drug-likeness (QED) is 0.158. The van der Waals surface area contributed by atoms with Gasteiger partial charge in [0, 0.05) is 0 Å². The number of ether oxygens (including phenoxy) is 1. The molecule has 216 valence electrons. The van der Waals surface area contributed by atoms with Crippen LogP contribution in [0.4, 0.5) is 0 Å². The number of hydrogen-bond donors (Lipinski definition) is 4. The molecule has 0 atom stereocenters. The van der Waals surface area contributed by atoms with Gasteiger partial charge in [-0.25, -0.2) is 0 Å². The van der Waals surface area contributed by atoms with Crippen LogP contribution < -0.4 is 4.74 Å². The zero-order valence-corrected chi connectivity index (χ0v) is 24.2. The zero-order valence-electron chi connectivity index (χ0n) is 24.2. The number of benzene rings is 3. The third-order valence-corrected chi connectivity index (χ3v) is 6.18. The first-order valence-corrected chi connectivity index (χ1v) is 14.4. The van der Waals surface area contributed by atoms with Gasteiger partial charge in [-0.2, -0.15) is 0 Å². The molecule has 0 aliphatic heterocycles. The van der Waals surface area contributed by atoms with Crippen molar-refractivity contribution in [1.29, 1.82) is 0 Å². The van der Waals surface area contributed by atoms with Crippen LogP contribution >= 0.6 is 0 Å². The monoisotopic (exact) mass is 538 g/mol. The molecule has 0 fully saturated rings. The summed E-state index contributed by atoms with van der Waals surface area (Å²) in [5, 5.41) is 32.8. The van der Waals surface area contributed by atoms with Gasteiger partial charge in [-0.05, 0) is 80.1 Å². The third kappa shape index (κ3) is 17.4. The Morgan fingerprint density at radius 2 is 1.00 bits per heavy atom. The van der Waals surface area contributed by atoms with Crippen LogP contribution in [0.2, 0.25) is 0 Å². The number of aliphatic hydroxyl groups excluding tert-OH is 3. The topological polar surface area (TPSA) is 90.2 Å². The second-order valence-corrected chi connectivity index (χ2v) is 9.87. The molecule has 0 aliphatic carbocycles. The van der Waals surface area contributed by atoms with Crippen LogP contribution in [0, 0.1) is 6.92 Å². The molecule has 39 heavy (non-hydrogen) atoms. The molecule has 0 saturated carbocycles. The Balaban J connectivity index is 0.000000442. The lowest BCUT2D eigenvalue weighted by atomic mass is 10.1. The maximum absolute atomic E-state index is 8.76. The highest BCUT2D eigenvalue weighted by molar-refractivity contribution is 5.34. The first kappa shape index (κ1) is 34.2. The van der Waals surface area contributed by atoms with E-state index in [1.54, 1.807) is 12.1 Å². The number of aliphatic hydroxyl groups is 3. The van der Waals surface area contributed by atoms with E-state index in [1.165, 1.54) is 80.9 Å². The molecule has 3 aromatic carbocycles. The number of phenols is 1. The Morgan fingerprint density at radius 3 is 1.31 bits per heavy atom. The highest BCUT2D eigenvalue weighted by atomic mass is 16.5. The van der Waals surface area contributed by atoms with Crippen molar-refractivity contribution in [2.24, 2.45) is 0 Å². The molecular weight excluding hydrogens is 488 g/mol. The smallest absolute Gasteiger partial charge is 0.127 e. The molecule has 0 aliphatic rings.